The molecule has 0 radical (unpaired) electrons. The third-order valence-electron chi connectivity index (χ3n) is 4.03. The number of carbonyl (C=O) groups is 1. The number of nitrogens with zero attached hydrogens (tertiary/aromatic N) is 2. The van der Waals surface area contributed by atoms with E-state index in [0.717, 1.165) is 6.26 Å². The molecule has 0 saturated heterocycles. The Morgan fingerprint density at radius 2 is 1.88 bits per heavy atom. The maximum Gasteiger partial charge on any atom is 0.240 e. The predicted octanol–water partition coefficient (Wildman–Crippen LogP) is 0.155. The molecule has 1 heterocycles. The van der Waals surface area contributed by atoms with Gasteiger partial charge in [0.25, 0.3) is 0 Å². The monoisotopic (exact) mass is 389 g/mol. The van der Waals surface area contributed by atoms with E-state index in [1.807, 2.05) is 6.92 Å². The van der Waals surface area contributed by atoms with E-state index in [2.05, 4.69) is 4.72 Å². The zero-order chi connectivity index (χ0) is 18.8. The largest absolute Gasteiger partial charge is 0.315 e. The summed E-state index contributed by atoms with van der Waals surface area (Å²) in [7, 11) is -5.50. The van der Waals surface area contributed by atoms with Crippen molar-refractivity contribution in [3.8, 4) is 0 Å². The van der Waals surface area contributed by atoms with Crippen molar-refractivity contribution in [1.29, 1.82) is 0 Å². The Morgan fingerprint density at radius 3 is 2.48 bits per heavy atom. The van der Waals surface area contributed by atoms with Crippen LogP contribution < -0.4 is 9.62 Å². The van der Waals surface area contributed by atoms with Crippen LogP contribution in [0.3, 0.4) is 0 Å². The van der Waals surface area contributed by atoms with Crippen LogP contribution >= 0.6 is 0 Å². The molecule has 1 N–H and O–H groups in total. The zero-order valence-corrected chi connectivity index (χ0v) is 16.2. The van der Waals surface area contributed by atoms with E-state index in [1.165, 1.54) is 21.3 Å². The molecule has 8 nitrogen and oxygen atoms in total. The highest BCUT2D eigenvalue weighted by Gasteiger charge is 2.26. The van der Waals surface area contributed by atoms with Crippen LogP contribution in [0.25, 0.3) is 0 Å². The van der Waals surface area contributed by atoms with Crippen molar-refractivity contribution in [2.45, 2.75) is 24.7 Å². The fourth-order valence-electron chi connectivity index (χ4n) is 2.69. The van der Waals surface area contributed by atoms with Crippen LogP contribution in [0.1, 0.15) is 18.9 Å². The summed E-state index contributed by atoms with van der Waals surface area (Å²) < 4.78 is 51.8. The van der Waals surface area contributed by atoms with Crippen molar-refractivity contribution >= 4 is 31.6 Å². The van der Waals surface area contributed by atoms with Crippen molar-refractivity contribution in [1.82, 2.24) is 9.03 Å². The van der Waals surface area contributed by atoms with Gasteiger partial charge >= 0.3 is 0 Å². The van der Waals surface area contributed by atoms with Gasteiger partial charge in [-0.25, -0.2) is 25.9 Å². The molecule has 1 aromatic carbocycles. The minimum Gasteiger partial charge on any atom is -0.315 e. The molecule has 0 bridgehead atoms. The Bertz CT molecular complexity index is 865. The van der Waals surface area contributed by atoms with E-state index in [9.17, 15) is 21.6 Å². The van der Waals surface area contributed by atoms with Crippen LogP contribution in [0.2, 0.25) is 0 Å². The molecule has 25 heavy (non-hydrogen) atoms. The van der Waals surface area contributed by atoms with E-state index in [1.54, 1.807) is 13.1 Å². The summed E-state index contributed by atoms with van der Waals surface area (Å²) in [6.07, 6.45) is 1.92. The van der Waals surface area contributed by atoms with Gasteiger partial charge < -0.3 is 4.90 Å². The van der Waals surface area contributed by atoms with Gasteiger partial charge in [0.1, 0.15) is 0 Å². The zero-order valence-electron chi connectivity index (χ0n) is 14.5. The first-order valence-corrected chi connectivity index (χ1v) is 11.2. The Kier molecular flexibility index (Phi) is 5.87. The number of carbonyl (C=O) groups excluding carboxylic acids is 1. The number of hydrogen-bond acceptors (Lipinski definition) is 5. The lowest BCUT2D eigenvalue weighted by atomic mass is 10.2. The molecular weight excluding hydrogens is 366 g/mol. The Balaban J connectivity index is 2.08. The molecule has 1 aromatic rings. The normalized spacial score (nSPS) is 15.0. The van der Waals surface area contributed by atoms with Crippen LogP contribution in [0.4, 0.5) is 5.69 Å². The Hall–Kier alpha value is -1.49. The first-order valence-electron chi connectivity index (χ1n) is 7.90. The summed E-state index contributed by atoms with van der Waals surface area (Å²) in [6.45, 7) is 2.24. The van der Waals surface area contributed by atoms with Gasteiger partial charge in [0.05, 0.1) is 17.6 Å². The highest BCUT2D eigenvalue weighted by atomic mass is 32.2. The smallest absolute Gasteiger partial charge is 0.240 e. The number of hydrogen-bond donors (Lipinski definition) is 1. The lowest BCUT2D eigenvalue weighted by molar-refractivity contribution is -0.117. The number of amides is 1. The molecular formula is C15H23N3O5S2. The van der Waals surface area contributed by atoms with E-state index in [4.69, 9.17) is 0 Å². The van der Waals surface area contributed by atoms with E-state index >= 15 is 0 Å². The van der Waals surface area contributed by atoms with Crippen molar-refractivity contribution in [2.75, 3.05) is 37.8 Å². The van der Waals surface area contributed by atoms with Gasteiger partial charge in [-0.15, -0.1) is 0 Å². The van der Waals surface area contributed by atoms with Crippen LogP contribution in [0.5, 0.6) is 0 Å². The number of benzene rings is 1. The van der Waals surface area contributed by atoms with Crippen LogP contribution in [-0.2, 0) is 31.3 Å². The molecule has 1 amide bonds. The molecule has 1 aliphatic heterocycles. The minimum absolute atomic E-state index is 0.0225. The van der Waals surface area contributed by atoms with Crippen molar-refractivity contribution in [3.05, 3.63) is 23.8 Å². The second-order valence-electron chi connectivity index (χ2n) is 5.98. The first-order chi connectivity index (χ1) is 11.6. The number of rotatable bonds is 8. The van der Waals surface area contributed by atoms with E-state index in [-0.39, 0.29) is 30.3 Å². The standard InChI is InChI=1S/C15H23N3O5S2/c1-4-8-18(24(3,20)21)9-7-16-25(22,23)13-5-6-14-12(10-13)11-15(19)17(14)2/h5-6,10,16H,4,7-9,11H2,1-3H3. The van der Waals surface area contributed by atoms with Crippen LogP contribution in [-0.4, -0.2) is 60.0 Å². The number of fused-ring (bicyclic) bond motifs is 1. The SMILES string of the molecule is CCCN(CCNS(=O)(=O)c1ccc2c(c1)CC(=O)N2C)S(C)(=O)=O. The Morgan fingerprint density at radius 1 is 1.20 bits per heavy atom. The highest BCUT2D eigenvalue weighted by molar-refractivity contribution is 7.89. The molecule has 0 spiro atoms. The quantitative estimate of drug-likeness (QED) is 0.682. The fraction of sp³-hybridized carbons (Fsp3) is 0.533. The molecule has 0 aromatic heterocycles. The van der Waals surface area contributed by atoms with Gasteiger partial charge in [-0.1, -0.05) is 6.92 Å². The lowest BCUT2D eigenvalue weighted by Crippen LogP contribution is -2.38. The summed E-state index contributed by atoms with van der Waals surface area (Å²) in [5, 5.41) is 0. The minimum atomic E-state index is -3.77. The molecule has 0 atom stereocenters. The molecule has 0 aliphatic carbocycles. The molecule has 2 rings (SSSR count). The number of anilines is 1. The summed E-state index contributed by atoms with van der Waals surface area (Å²) >= 11 is 0. The van der Waals surface area contributed by atoms with Gasteiger partial charge in [-0.2, -0.15) is 0 Å². The number of sulfonamides is 2. The molecule has 1 aliphatic rings. The van der Waals surface area contributed by atoms with Gasteiger partial charge in [0.15, 0.2) is 0 Å². The Labute approximate surface area is 148 Å². The second-order valence-corrected chi connectivity index (χ2v) is 9.73. The van der Waals surface area contributed by atoms with E-state index in [0.29, 0.717) is 24.2 Å². The maximum atomic E-state index is 12.4. The lowest BCUT2D eigenvalue weighted by Gasteiger charge is -2.19. The average molecular weight is 389 g/mol. The van der Waals surface area contributed by atoms with Crippen LogP contribution in [0, 0.1) is 0 Å². The summed E-state index contributed by atoms with van der Waals surface area (Å²) in [5.74, 6) is -0.0825. The fourth-order valence-corrected chi connectivity index (χ4v) is 4.70. The van der Waals surface area contributed by atoms with Crippen molar-refractivity contribution < 1.29 is 21.6 Å². The summed E-state index contributed by atoms with van der Waals surface area (Å²) in [5.41, 5.74) is 1.37. The van der Waals surface area contributed by atoms with Crippen molar-refractivity contribution in [3.63, 3.8) is 0 Å². The third kappa shape index (κ3) is 4.57. The topological polar surface area (TPSA) is 104 Å². The second kappa shape index (κ2) is 7.40. The maximum absolute atomic E-state index is 12.4. The van der Waals surface area contributed by atoms with Gasteiger partial charge in [-0.05, 0) is 30.2 Å². The number of likely N-dealkylation sites (N-methyl/N-ethyl adjacent to an activating group) is 1. The summed E-state index contributed by atoms with van der Waals surface area (Å²) in [4.78, 5) is 13.3. The van der Waals surface area contributed by atoms with E-state index < -0.39 is 20.0 Å². The molecule has 10 heteroatoms. The van der Waals surface area contributed by atoms with Gasteiger partial charge in [-0.3, -0.25) is 4.79 Å². The van der Waals surface area contributed by atoms with Gasteiger partial charge in [0.2, 0.25) is 26.0 Å². The average Bonchev–Trinajstić information content (AvgIpc) is 2.80. The predicted molar refractivity (Wildman–Crippen MR) is 95.5 cm³/mol. The molecule has 140 valence electrons. The molecule has 0 unspecified atom stereocenters. The van der Waals surface area contributed by atoms with Crippen molar-refractivity contribution in [2.24, 2.45) is 0 Å². The van der Waals surface area contributed by atoms with Crippen LogP contribution in [0.15, 0.2) is 23.1 Å². The molecule has 0 saturated carbocycles. The van der Waals surface area contributed by atoms with Gasteiger partial charge in [0, 0.05) is 32.4 Å². The number of nitrogens with one attached hydrogen (secondary N) is 1. The molecule has 0 fully saturated rings. The first kappa shape index (κ1) is 19.8. The highest BCUT2D eigenvalue weighted by Crippen LogP contribution is 2.29. The summed E-state index contributed by atoms with van der Waals surface area (Å²) in [6, 6.07) is 4.53. The third-order valence-corrected chi connectivity index (χ3v) is 6.80.